The lowest BCUT2D eigenvalue weighted by Gasteiger charge is -2.06. The van der Waals surface area contributed by atoms with Gasteiger partial charge in [-0.15, -0.1) is 5.10 Å². The summed E-state index contributed by atoms with van der Waals surface area (Å²) in [5.41, 5.74) is 13.7. The predicted octanol–water partition coefficient (Wildman–Crippen LogP) is 2.08. The molecule has 0 aliphatic carbocycles. The normalized spacial score (nSPS) is 10.8. The van der Waals surface area contributed by atoms with Crippen LogP contribution in [0.4, 0.5) is 11.4 Å². The number of nitrogen functional groups attached to an aromatic ring is 2. The summed E-state index contributed by atoms with van der Waals surface area (Å²) in [5, 5.41) is 11.8. The van der Waals surface area contributed by atoms with Gasteiger partial charge in [0, 0.05) is 23.5 Å². The van der Waals surface area contributed by atoms with E-state index in [0.29, 0.717) is 11.4 Å². The van der Waals surface area contributed by atoms with E-state index in [1.807, 2.05) is 16.8 Å². The molecule has 2 aromatic rings. The van der Waals surface area contributed by atoms with Gasteiger partial charge in [-0.1, -0.05) is 26.2 Å². The number of anilines is 2. The van der Waals surface area contributed by atoms with Crippen molar-refractivity contribution in [3.63, 3.8) is 0 Å². The monoisotopic (exact) mass is 260 g/mol. The minimum absolute atomic E-state index is 0.621. The van der Waals surface area contributed by atoms with Crippen LogP contribution in [-0.2, 0) is 6.54 Å². The Morgan fingerprint density at radius 1 is 1.05 bits per heavy atom. The van der Waals surface area contributed by atoms with Gasteiger partial charge >= 0.3 is 0 Å². The number of tetrazole rings is 1. The Hall–Kier alpha value is -2.11. The Morgan fingerprint density at radius 2 is 1.79 bits per heavy atom. The number of nitrogens with zero attached hydrogens (tertiary/aromatic N) is 4. The molecular weight excluding hydrogens is 240 g/mol. The maximum absolute atomic E-state index is 5.80. The van der Waals surface area contributed by atoms with Crippen LogP contribution in [0.1, 0.15) is 32.6 Å². The molecule has 1 aromatic heterocycles. The van der Waals surface area contributed by atoms with Crippen molar-refractivity contribution in [3.8, 4) is 11.4 Å². The molecule has 6 nitrogen and oxygen atoms in total. The molecule has 1 heterocycles. The van der Waals surface area contributed by atoms with E-state index >= 15 is 0 Å². The fourth-order valence-electron chi connectivity index (χ4n) is 2.06. The first-order chi connectivity index (χ1) is 9.20. The predicted molar refractivity (Wildman–Crippen MR) is 76.2 cm³/mol. The molecule has 0 saturated heterocycles. The zero-order valence-corrected chi connectivity index (χ0v) is 11.2. The zero-order valence-electron chi connectivity index (χ0n) is 11.2. The zero-order chi connectivity index (χ0) is 13.7. The number of aromatic nitrogens is 4. The molecule has 0 atom stereocenters. The third-order valence-electron chi connectivity index (χ3n) is 2.99. The molecule has 0 spiro atoms. The van der Waals surface area contributed by atoms with Crippen LogP contribution in [0.25, 0.3) is 11.4 Å². The minimum atomic E-state index is 0.621. The summed E-state index contributed by atoms with van der Waals surface area (Å²) >= 11 is 0. The highest BCUT2D eigenvalue weighted by atomic mass is 15.5. The van der Waals surface area contributed by atoms with Gasteiger partial charge in [0.2, 0.25) is 0 Å². The fraction of sp³-hybridized carbons (Fsp3) is 0.462. The number of nitrogens with two attached hydrogens (primary N) is 2. The highest BCUT2D eigenvalue weighted by Crippen LogP contribution is 2.22. The molecule has 0 aliphatic rings. The van der Waals surface area contributed by atoms with Crippen molar-refractivity contribution in [1.82, 2.24) is 20.2 Å². The van der Waals surface area contributed by atoms with Gasteiger partial charge in [0.1, 0.15) is 0 Å². The largest absolute Gasteiger partial charge is 0.399 e. The van der Waals surface area contributed by atoms with Crippen LogP contribution < -0.4 is 11.5 Å². The molecule has 0 saturated carbocycles. The van der Waals surface area contributed by atoms with Crippen molar-refractivity contribution in [3.05, 3.63) is 18.2 Å². The third kappa shape index (κ3) is 3.43. The molecule has 0 fully saturated rings. The Kier molecular flexibility index (Phi) is 4.33. The molecule has 0 bridgehead atoms. The molecule has 1 aromatic carbocycles. The van der Waals surface area contributed by atoms with E-state index in [0.717, 1.165) is 24.4 Å². The van der Waals surface area contributed by atoms with Gasteiger partial charge in [-0.3, -0.25) is 0 Å². The van der Waals surface area contributed by atoms with E-state index in [4.69, 9.17) is 11.5 Å². The lowest BCUT2D eigenvalue weighted by Crippen LogP contribution is -2.04. The van der Waals surface area contributed by atoms with Gasteiger partial charge < -0.3 is 11.5 Å². The van der Waals surface area contributed by atoms with Gasteiger partial charge in [-0.2, -0.15) is 0 Å². The average Bonchev–Trinajstić information content (AvgIpc) is 2.82. The van der Waals surface area contributed by atoms with E-state index in [1.165, 1.54) is 19.3 Å². The van der Waals surface area contributed by atoms with Crippen LogP contribution in [-0.4, -0.2) is 20.2 Å². The lowest BCUT2D eigenvalue weighted by atomic mass is 10.1. The second-order valence-electron chi connectivity index (χ2n) is 4.67. The van der Waals surface area contributed by atoms with Crippen molar-refractivity contribution in [2.24, 2.45) is 0 Å². The number of unbranched alkanes of at least 4 members (excludes halogenated alkanes) is 3. The number of hydrogen-bond donors (Lipinski definition) is 2. The van der Waals surface area contributed by atoms with Crippen LogP contribution >= 0.6 is 0 Å². The first kappa shape index (κ1) is 13.3. The van der Waals surface area contributed by atoms with Crippen molar-refractivity contribution in [2.75, 3.05) is 11.5 Å². The molecule has 0 amide bonds. The average molecular weight is 260 g/mol. The molecule has 0 aliphatic heterocycles. The van der Waals surface area contributed by atoms with Crippen LogP contribution in [0, 0.1) is 0 Å². The Morgan fingerprint density at radius 3 is 2.47 bits per heavy atom. The second kappa shape index (κ2) is 6.17. The molecule has 2 rings (SSSR count). The molecule has 4 N–H and O–H groups in total. The number of rotatable bonds is 6. The number of aryl methyl sites for hydroxylation is 1. The lowest BCUT2D eigenvalue weighted by molar-refractivity contribution is 0.531. The SMILES string of the molecule is CCCCCCn1nnnc1-c1cc(N)cc(N)c1. The highest BCUT2D eigenvalue weighted by Gasteiger charge is 2.09. The summed E-state index contributed by atoms with van der Waals surface area (Å²) < 4.78 is 1.81. The summed E-state index contributed by atoms with van der Waals surface area (Å²) in [6.45, 7) is 3.01. The summed E-state index contributed by atoms with van der Waals surface area (Å²) in [7, 11) is 0. The maximum atomic E-state index is 5.80. The quantitative estimate of drug-likeness (QED) is 0.612. The Labute approximate surface area is 112 Å². The number of benzene rings is 1. The van der Waals surface area contributed by atoms with Crippen molar-refractivity contribution in [1.29, 1.82) is 0 Å². The maximum Gasteiger partial charge on any atom is 0.182 e. The summed E-state index contributed by atoms with van der Waals surface area (Å²) in [5.74, 6) is 0.718. The Balaban J connectivity index is 2.14. The third-order valence-corrected chi connectivity index (χ3v) is 2.99. The first-order valence-corrected chi connectivity index (χ1v) is 6.63. The molecule has 19 heavy (non-hydrogen) atoms. The van der Waals surface area contributed by atoms with Gasteiger partial charge in [0.15, 0.2) is 5.82 Å². The topological polar surface area (TPSA) is 95.6 Å². The second-order valence-corrected chi connectivity index (χ2v) is 4.67. The smallest absolute Gasteiger partial charge is 0.182 e. The number of hydrogen-bond acceptors (Lipinski definition) is 5. The van der Waals surface area contributed by atoms with E-state index in [2.05, 4.69) is 22.4 Å². The van der Waals surface area contributed by atoms with Crippen LogP contribution in [0.5, 0.6) is 0 Å². The van der Waals surface area contributed by atoms with Crippen molar-refractivity contribution >= 4 is 11.4 Å². The van der Waals surface area contributed by atoms with Crippen LogP contribution in [0.3, 0.4) is 0 Å². The van der Waals surface area contributed by atoms with Gasteiger partial charge in [-0.25, -0.2) is 4.68 Å². The van der Waals surface area contributed by atoms with Gasteiger partial charge in [0.05, 0.1) is 0 Å². The summed E-state index contributed by atoms with van der Waals surface area (Å²) in [6, 6.07) is 5.40. The minimum Gasteiger partial charge on any atom is -0.399 e. The molecule has 102 valence electrons. The summed E-state index contributed by atoms with van der Waals surface area (Å²) in [6.07, 6.45) is 4.72. The molecular formula is C13H20N6. The highest BCUT2D eigenvalue weighted by molar-refractivity contribution is 5.67. The van der Waals surface area contributed by atoms with Gasteiger partial charge in [-0.05, 0) is 35.0 Å². The van der Waals surface area contributed by atoms with E-state index < -0.39 is 0 Å². The summed E-state index contributed by atoms with van der Waals surface area (Å²) in [4.78, 5) is 0. The first-order valence-electron chi connectivity index (χ1n) is 6.63. The Bertz CT molecular complexity index is 513. The van der Waals surface area contributed by atoms with Crippen molar-refractivity contribution < 1.29 is 0 Å². The fourth-order valence-corrected chi connectivity index (χ4v) is 2.06. The van der Waals surface area contributed by atoms with Crippen LogP contribution in [0.2, 0.25) is 0 Å². The molecule has 6 heteroatoms. The van der Waals surface area contributed by atoms with Crippen molar-refractivity contribution in [2.45, 2.75) is 39.2 Å². The van der Waals surface area contributed by atoms with E-state index in [1.54, 1.807) is 6.07 Å². The molecule has 0 radical (unpaired) electrons. The van der Waals surface area contributed by atoms with Crippen LogP contribution in [0.15, 0.2) is 18.2 Å². The standard InChI is InChI=1S/C13H20N6/c1-2-3-4-5-6-19-13(16-17-18-19)10-7-11(14)9-12(15)8-10/h7-9H,2-6,14-15H2,1H3. The van der Waals surface area contributed by atoms with E-state index in [-0.39, 0.29) is 0 Å². The van der Waals surface area contributed by atoms with Gasteiger partial charge in [0.25, 0.3) is 0 Å². The molecule has 0 unspecified atom stereocenters. The van der Waals surface area contributed by atoms with E-state index in [9.17, 15) is 0 Å².